The smallest absolute Gasteiger partial charge is 0.191 e. The Hall–Kier alpha value is -1.31. The van der Waals surface area contributed by atoms with E-state index in [1.165, 1.54) is 5.69 Å². The Kier molecular flexibility index (Phi) is 7.38. The van der Waals surface area contributed by atoms with E-state index in [0.29, 0.717) is 12.1 Å². The van der Waals surface area contributed by atoms with Crippen molar-refractivity contribution in [2.75, 3.05) is 64.8 Å². The molecule has 0 radical (unpaired) electrons. The van der Waals surface area contributed by atoms with Gasteiger partial charge in [0.25, 0.3) is 0 Å². The molecule has 0 amide bonds. The molecule has 150 valence electrons. The number of anilines is 1. The van der Waals surface area contributed by atoms with Crippen LogP contribution in [0.15, 0.2) is 33.7 Å². The Bertz CT molecular complexity index is 637. The Morgan fingerprint density at radius 1 is 1.19 bits per heavy atom. The van der Waals surface area contributed by atoms with Gasteiger partial charge in [-0.05, 0) is 55.5 Å². The van der Waals surface area contributed by atoms with Crippen molar-refractivity contribution in [1.29, 1.82) is 0 Å². The van der Waals surface area contributed by atoms with E-state index in [9.17, 15) is 0 Å². The first-order chi connectivity index (χ1) is 13.1. The number of likely N-dealkylation sites (N-methyl/N-ethyl adjacent to an activating group) is 2. The van der Waals surface area contributed by atoms with Crippen LogP contribution in [0.25, 0.3) is 0 Å². The van der Waals surface area contributed by atoms with Crippen molar-refractivity contribution in [2.45, 2.75) is 25.4 Å². The number of hydrogen-bond acceptors (Lipinski definition) is 4. The van der Waals surface area contributed by atoms with Gasteiger partial charge in [-0.15, -0.1) is 0 Å². The molecule has 2 aliphatic rings. The Labute approximate surface area is 172 Å². The van der Waals surface area contributed by atoms with Crippen LogP contribution >= 0.6 is 15.9 Å². The molecule has 3 rings (SSSR count). The second-order valence-corrected chi connectivity index (χ2v) is 8.50. The van der Waals surface area contributed by atoms with Crippen LogP contribution in [0.3, 0.4) is 0 Å². The van der Waals surface area contributed by atoms with E-state index in [1.807, 2.05) is 0 Å². The fraction of sp³-hybridized carbons (Fsp3) is 0.650. The van der Waals surface area contributed by atoms with Crippen LogP contribution in [-0.4, -0.2) is 87.8 Å². The van der Waals surface area contributed by atoms with E-state index in [-0.39, 0.29) is 0 Å². The molecular formula is C20H33BrN6. The van der Waals surface area contributed by atoms with Gasteiger partial charge in [0.2, 0.25) is 0 Å². The van der Waals surface area contributed by atoms with Gasteiger partial charge in [0.15, 0.2) is 5.96 Å². The number of rotatable bonds is 5. The second kappa shape index (κ2) is 9.75. The zero-order chi connectivity index (χ0) is 19.2. The maximum absolute atomic E-state index is 4.90. The van der Waals surface area contributed by atoms with Gasteiger partial charge in [0.05, 0.1) is 12.2 Å². The molecule has 2 atom stereocenters. The molecule has 2 unspecified atom stereocenters. The average Bonchev–Trinajstić information content (AvgIpc) is 3.11. The van der Waals surface area contributed by atoms with Crippen LogP contribution < -0.4 is 15.5 Å². The molecule has 0 aliphatic carbocycles. The first kappa shape index (κ1) is 20.4. The molecule has 1 aromatic rings. The fourth-order valence-corrected chi connectivity index (χ4v) is 4.35. The Morgan fingerprint density at radius 2 is 2.00 bits per heavy atom. The molecule has 1 aromatic carbocycles. The molecule has 2 aliphatic heterocycles. The quantitative estimate of drug-likeness (QED) is 0.544. The molecule has 6 nitrogen and oxygen atoms in total. The monoisotopic (exact) mass is 436 g/mol. The number of piperazine rings is 1. The van der Waals surface area contributed by atoms with Crippen molar-refractivity contribution in [3.8, 4) is 0 Å². The van der Waals surface area contributed by atoms with E-state index < -0.39 is 0 Å². The van der Waals surface area contributed by atoms with Gasteiger partial charge in [-0.3, -0.25) is 9.89 Å². The fourth-order valence-electron chi connectivity index (χ4n) is 3.81. The summed E-state index contributed by atoms with van der Waals surface area (Å²) in [6, 6.07) is 9.36. The molecule has 7 heteroatoms. The highest BCUT2D eigenvalue weighted by Crippen LogP contribution is 2.28. The number of aliphatic imine (C=N–C) groups is 1. The highest BCUT2D eigenvalue weighted by atomic mass is 79.9. The lowest BCUT2D eigenvalue weighted by Gasteiger charge is -2.37. The van der Waals surface area contributed by atoms with Gasteiger partial charge < -0.3 is 20.4 Å². The highest BCUT2D eigenvalue weighted by molar-refractivity contribution is 9.10. The number of nitrogens with zero attached hydrogens (tertiary/aromatic N) is 4. The van der Waals surface area contributed by atoms with Crippen LogP contribution in [0.1, 0.15) is 13.3 Å². The summed E-state index contributed by atoms with van der Waals surface area (Å²) in [4.78, 5) is 12.2. The highest BCUT2D eigenvalue weighted by Gasteiger charge is 2.25. The molecule has 2 saturated heterocycles. The minimum atomic E-state index is 0.418. The SMILES string of the molecule is CCNC(=NCC1CN(C)CCN1C)NC1CCN(c2ccccc2Br)C1. The summed E-state index contributed by atoms with van der Waals surface area (Å²) in [7, 11) is 4.40. The van der Waals surface area contributed by atoms with Crippen molar-refractivity contribution in [2.24, 2.45) is 4.99 Å². The lowest BCUT2D eigenvalue weighted by atomic mass is 10.2. The number of halogens is 1. The summed E-state index contributed by atoms with van der Waals surface area (Å²) in [5.41, 5.74) is 1.27. The summed E-state index contributed by atoms with van der Waals surface area (Å²) < 4.78 is 1.16. The minimum absolute atomic E-state index is 0.418. The molecule has 2 N–H and O–H groups in total. The number of guanidine groups is 1. The van der Waals surface area contributed by atoms with Gasteiger partial charge in [0, 0.05) is 55.8 Å². The molecule has 0 saturated carbocycles. The third kappa shape index (κ3) is 5.59. The lowest BCUT2D eigenvalue weighted by Crippen LogP contribution is -2.52. The van der Waals surface area contributed by atoms with Gasteiger partial charge >= 0.3 is 0 Å². The van der Waals surface area contributed by atoms with Crippen LogP contribution in [0.5, 0.6) is 0 Å². The van der Waals surface area contributed by atoms with Gasteiger partial charge in [0.1, 0.15) is 0 Å². The molecule has 0 bridgehead atoms. The van der Waals surface area contributed by atoms with E-state index in [0.717, 1.165) is 62.7 Å². The van der Waals surface area contributed by atoms with E-state index in [4.69, 9.17) is 4.99 Å². The van der Waals surface area contributed by atoms with Crippen LogP contribution in [0, 0.1) is 0 Å². The molecular weight excluding hydrogens is 404 g/mol. The van der Waals surface area contributed by atoms with E-state index >= 15 is 0 Å². The summed E-state index contributed by atoms with van der Waals surface area (Å²) in [6.45, 7) is 9.24. The summed E-state index contributed by atoms with van der Waals surface area (Å²) in [6.07, 6.45) is 1.12. The first-order valence-corrected chi connectivity index (χ1v) is 10.8. The zero-order valence-electron chi connectivity index (χ0n) is 16.8. The summed E-state index contributed by atoms with van der Waals surface area (Å²) in [5.74, 6) is 0.943. The first-order valence-electron chi connectivity index (χ1n) is 10.00. The number of nitrogens with one attached hydrogen (secondary N) is 2. The molecule has 0 aromatic heterocycles. The van der Waals surface area contributed by atoms with Crippen LogP contribution in [0.2, 0.25) is 0 Å². The average molecular weight is 437 g/mol. The summed E-state index contributed by atoms with van der Waals surface area (Å²) in [5, 5.41) is 7.07. The maximum Gasteiger partial charge on any atom is 0.191 e. The standard InChI is InChI=1S/C20H33BrN6/c1-4-22-20(23-13-17-15-25(2)11-12-26(17)3)24-16-9-10-27(14-16)19-8-6-5-7-18(19)21/h5-8,16-17H,4,9-15H2,1-3H3,(H2,22,23,24). The van der Waals surface area contributed by atoms with E-state index in [2.05, 4.69) is 86.5 Å². The zero-order valence-corrected chi connectivity index (χ0v) is 18.4. The lowest BCUT2D eigenvalue weighted by molar-refractivity contribution is 0.119. The van der Waals surface area contributed by atoms with Crippen molar-refractivity contribution >= 4 is 27.6 Å². The largest absolute Gasteiger partial charge is 0.368 e. The van der Waals surface area contributed by atoms with Crippen molar-refractivity contribution in [1.82, 2.24) is 20.4 Å². The third-order valence-corrected chi connectivity index (χ3v) is 6.18. The topological polar surface area (TPSA) is 46.1 Å². The van der Waals surface area contributed by atoms with Crippen LogP contribution in [-0.2, 0) is 0 Å². The van der Waals surface area contributed by atoms with E-state index in [1.54, 1.807) is 0 Å². The van der Waals surface area contributed by atoms with Crippen molar-refractivity contribution < 1.29 is 0 Å². The molecule has 2 heterocycles. The number of para-hydroxylation sites is 1. The second-order valence-electron chi connectivity index (χ2n) is 7.64. The van der Waals surface area contributed by atoms with Crippen molar-refractivity contribution in [3.05, 3.63) is 28.7 Å². The van der Waals surface area contributed by atoms with Gasteiger partial charge in [-0.2, -0.15) is 0 Å². The Balaban J connectivity index is 1.57. The van der Waals surface area contributed by atoms with Gasteiger partial charge in [-0.1, -0.05) is 12.1 Å². The number of hydrogen-bond donors (Lipinski definition) is 2. The van der Waals surface area contributed by atoms with Gasteiger partial charge in [-0.25, -0.2) is 0 Å². The summed E-state index contributed by atoms with van der Waals surface area (Å²) >= 11 is 3.67. The van der Waals surface area contributed by atoms with Crippen LogP contribution in [0.4, 0.5) is 5.69 Å². The predicted octanol–water partition coefficient (Wildman–Crippen LogP) is 1.83. The third-order valence-electron chi connectivity index (χ3n) is 5.51. The molecule has 0 spiro atoms. The van der Waals surface area contributed by atoms with Crippen molar-refractivity contribution in [3.63, 3.8) is 0 Å². The maximum atomic E-state index is 4.90. The number of benzene rings is 1. The molecule has 2 fully saturated rings. The minimum Gasteiger partial charge on any atom is -0.368 e. The normalized spacial score (nSPS) is 25.0. The Morgan fingerprint density at radius 3 is 2.78 bits per heavy atom. The predicted molar refractivity (Wildman–Crippen MR) is 118 cm³/mol. The molecule has 27 heavy (non-hydrogen) atoms.